The van der Waals surface area contributed by atoms with Crippen molar-refractivity contribution in [3.05, 3.63) is 144 Å². The highest BCUT2D eigenvalue weighted by Gasteiger charge is 2.55. The number of ether oxygens (including phenoxy) is 5. The van der Waals surface area contributed by atoms with E-state index in [0.717, 1.165) is 0 Å². The highest BCUT2D eigenvalue weighted by atomic mass is 35.6. The fourth-order valence-electron chi connectivity index (χ4n) is 4.90. The molecule has 0 unspecified atom stereocenters. The predicted octanol–water partition coefficient (Wildman–Crippen LogP) is 5.73. The molecule has 4 aromatic rings. The van der Waals surface area contributed by atoms with Crippen molar-refractivity contribution in [2.75, 3.05) is 6.61 Å². The van der Waals surface area contributed by atoms with E-state index in [2.05, 4.69) is 5.32 Å². The Kier molecular flexibility index (Phi) is 12.1. The second-order valence-corrected chi connectivity index (χ2v) is 13.0. The van der Waals surface area contributed by atoms with E-state index in [1.807, 2.05) is 0 Å². The van der Waals surface area contributed by atoms with E-state index in [-0.39, 0.29) is 22.3 Å². The van der Waals surface area contributed by atoms with Gasteiger partial charge in [-0.25, -0.2) is 19.2 Å². The third-order valence-corrected chi connectivity index (χ3v) is 7.82. The van der Waals surface area contributed by atoms with E-state index in [4.69, 9.17) is 58.5 Å². The molecule has 5 atom stereocenters. The average molecular weight is 741 g/mol. The number of esters is 4. The van der Waals surface area contributed by atoms with Gasteiger partial charge in [-0.15, -0.1) is 0 Å². The molecule has 0 bridgehead atoms. The Balaban J connectivity index is 1.54. The molecule has 0 aliphatic carbocycles. The number of nitrogens with one attached hydrogen (secondary N) is 1. The van der Waals surface area contributed by atoms with Crippen molar-refractivity contribution in [1.82, 2.24) is 5.32 Å². The number of alkyl halides is 3. The maximum Gasteiger partial charge on any atom is 0.338 e. The van der Waals surface area contributed by atoms with Crippen LogP contribution in [0.1, 0.15) is 41.4 Å². The molecule has 50 heavy (non-hydrogen) atoms. The van der Waals surface area contributed by atoms with Crippen LogP contribution in [-0.2, 0) is 28.5 Å². The zero-order chi connectivity index (χ0) is 35.7. The number of carbonyl (C=O) groups is 5. The second kappa shape index (κ2) is 16.6. The Morgan fingerprint density at radius 1 is 0.600 bits per heavy atom. The molecular weight excluding hydrogens is 713 g/mol. The maximum atomic E-state index is 13.5. The largest absolute Gasteiger partial charge is 0.458 e. The maximum absolute atomic E-state index is 13.5. The molecule has 1 N–H and O–H groups in total. The summed E-state index contributed by atoms with van der Waals surface area (Å²) in [6.07, 6.45) is -7.89. The van der Waals surface area contributed by atoms with Gasteiger partial charge < -0.3 is 29.0 Å². The Labute approximate surface area is 301 Å². The van der Waals surface area contributed by atoms with Crippen LogP contribution in [-0.4, -0.2) is 70.8 Å². The minimum absolute atomic E-state index is 0.111. The molecule has 0 radical (unpaired) electrons. The molecule has 0 spiro atoms. The Morgan fingerprint density at radius 3 is 1.44 bits per heavy atom. The summed E-state index contributed by atoms with van der Waals surface area (Å²) in [6, 6.07) is 31.6. The summed E-state index contributed by atoms with van der Waals surface area (Å²) >= 11 is 17.5. The molecule has 0 aromatic heterocycles. The van der Waals surface area contributed by atoms with Crippen molar-refractivity contribution >= 4 is 64.6 Å². The molecule has 5 rings (SSSR count). The summed E-state index contributed by atoms with van der Waals surface area (Å²) in [7, 11) is 0. The molecule has 14 heteroatoms. The van der Waals surface area contributed by atoms with Gasteiger partial charge in [-0.2, -0.15) is 0 Å². The van der Waals surface area contributed by atoms with Crippen molar-refractivity contribution in [2.45, 2.75) is 34.4 Å². The van der Waals surface area contributed by atoms with E-state index in [9.17, 15) is 24.0 Å². The highest BCUT2D eigenvalue weighted by Crippen LogP contribution is 2.33. The molecule has 4 aromatic carbocycles. The number of benzene rings is 4. The van der Waals surface area contributed by atoms with Gasteiger partial charge >= 0.3 is 23.9 Å². The van der Waals surface area contributed by atoms with Crippen LogP contribution in [0.15, 0.2) is 121 Å². The van der Waals surface area contributed by atoms with E-state index >= 15 is 0 Å². The van der Waals surface area contributed by atoms with Gasteiger partial charge in [-0.1, -0.05) is 108 Å². The fraction of sp³-hybridized carbons (Fsp3) is 0.194. The number of hydrogen-bond donors (Lipinski definition) is 1. The third kappa shape index (κ3) is 9.39. The van der Waals surface area contributed by atoms with Crippen molar-refractivity contribution in [3.63, 3.8) is 0 Å². The van der Waals surface area contributed by atoms with Crippen LogP contribution in [0.5, 0.6) is 0 Å². The monoisotopic (exact) mass is 739 g/mol. The summed E-state index contributed by atoms with van der Waals surface area (Å²) in [4.78, 5) is 66.1. The minimum atomic E-state index is -2.49. The Bertz CT molecular complexity index is 1790. The number of rotatable bonds is 11. The first-order valence-electron chi connectivity index (χ1n) is 15.0. The average Bonchev–Trinajstić information content (AvgIpc) is 3.45. The number of carbonyl (C=O) groups excluding carboxylic acids is 5. The van der Waals surface area contributed by atoms with Crippen molar-refractivity contribution in [2.24, 2.45) is 0 Å². The molecule has 11 nitrogen and oxygen atoms in total. The van der Waals surface area contributed by atoms with Gasteiger partial charge in [-0.05, 0) is 48.5 Å². The molecule has 258 valence electrons. The van der Waals surface area contributed by atoms with Crippen LogP contribution < -0.4 is 5.32 Å². The molecule has 1 saturated heterocycles. The van der Waals surface area contributed by atoms with Crippen LogP contribution in [0.3, 0.4) is 0 Å². The molecule has 0 saturated carbocycles. The molecule has 1 aliphatic heterocycles. The quantitative estimate of drug-likeness (QED) is 0.115. The van der Waals surface area contributed by atoms with E-state index in [1.54, 1.807) is 72.8 Å². The van der Waals surface area contributed by atoms with Crippen LogP contribution in [0, 0.1) is 0 Å². The van der Waals surface area contributed by atoms with Crippen molar-refractivity contribution in [3.8, 4) is 0 Å². The van der Waals surface area contributed by atoms with Crippen LogP contribution >= 0.6 is 34.8 Å². The Hall–Kier alpha value is -4.94. The van der Waals surface area contributed by atoms with Crippen LogP contribution in [0.25, 0.3) is 0 Å². The van der Waals surface area contributed by atoms with Crippen molar-refractivity contribution < 1.29 is 47.7 Å². The van der Waals surface area contributed by atoms with Gasteiger partial charge in [0.2, 0.25) is 0 Å². The van der Waals surface area contributed by atoms with Gasteiger partial charge in [0.1, 0.15) is 12.7 Å². The third-order valence-electron chi connectivity index (χ3n) is 7.31. The minimum Gasteiger partial charge on any atom is -0.458 e. The second-order valence-electron chi connectivity index (χ2n) is 10.7. The lowest BCUT2D eigenvalue weighted by Gasteiger charge is -2.28. The molecule has 1 heterocycles. The van der Waals surface area contributed by atoms with Gasteiger partial charge in [0.05, 0.1) is 22.3 Å². The summed E-state index contributed by atoms with van der Waals surface area (Å²) in [6.45, 7) is -0.624. The first kappa shape index (κ1) is 36.3. The van der Waals surface area contributed by atoms with Gasteiger partial charge in [-0.3, -0.25) is 4.79 Å². The fourth-order valence-corrected chi connectivity index (χ4v) is 5.06. The van der Waals surface area contributed by atoms with E-state index in [0.29, 0.717) is 0 Å². The standard InChI is InChI=1S/C36H28Cl3NO10/c37-36(38,39)35(45)40-30-29(50-34(44)25-19-11-4-12-20-25)28(49-33(43)24-17-9-3-10-18-24)27(48-30)26(47-32(42)23-15-7-2-8-16-23)21-46-31(41)22-13-5-1-6-14-22/h1-20,26-30H,21H2,(H,40,45)/t26-,27+,28+,29-,30-/m1/s1. The van der Waals surface area contributed by atoms with Crippen LogP contribution in [0.4, 0.5) is 0 Å². The number of halogens is 3. The first-order valence-corrected chi connectivity index (χ1v) is 16.2. The smallest absolute Gasteiger partial charge is 0.338 e. The summed E-state index contributed by atoms with van der Waals surface area (Å²) in [5.74, 6) is -4.56. The Morgan fingerprint density at radius 2 is 1.00 bits per heavy atom. The van der Waals surface area contributed by atoms with E-state index < -0.39 is 70.8 Å². The zero-order valence-electron chi connectivity index (χ0n) is 25.9. The van der Waals surface area contributed by atoms with E-state index in [1.165, 1.54) is 48.5 Å². The van der Waals surface area contributed by atoms with Crippen molar-refractivity contribution in [1.29, 1.82) is 0 Å². The summed E-state index contributed by atoms with van der Waals surface area (Å²) in [5, 5.41) is 2.36. The normalized spacial score (nSPS) is 19.0. The van der Waals surface area contributed by atoms with Gasteiger partial charge in [0, 0.05) is 0 Å². The van der Waals surface area contributed by atoms with Gasteiger partial charge in [0.25, 0.3) is 9.70 Å². The highest BCUT2D eigenvalue weighted by molar-refractivity contribution is 6.76. The summed E-state index contributed by atoms with van der Waals surface area (Å²) in [5.41, 5.74) is 0.555. The molecule has 1 fully saturated rings. The van der Waals surface area contributed by atoms with Gasteiger partial charge in [0.15, 0.2) is 24.5 Å². The SMILES string of the molecule is O=C(OC[C@@H](OC(=O)c1ccccc1)[C@@H]1O[C@@H](NC(=O)C(Cl)(Cl)Cl)[C@H](OC(=O)c2ccccc2)[C@H]1OC(=O)c1ccccc1)c1ccccc1. The molecule has 1 aliphatic rings. The topological polar surface area (TPSA) is 144 Å². The lowest BCUT2D eigenvalue weighted by molar-refractivity contribution is -0.129. The number of amides is 1. The zero-order valence-corrected chi connectivity index (χ0v) is 28.1. The molecule has 1 amide bonds. The predicted molar refractivity (Wildman–Crippen MR) is 181 cm³/mol. The number of hydrogen-bond acceptors (Lipinski definition) is 10. The lowest BCUT2D eigenvalue weighted by Crippen LogP contribution is -2.50. The first-order chi connectivity index (χ1) is 24.0. The summed E-state index contributed by atoms with van der Waals surface area (Å²) < 4.78 is 26.7. The lowest BCUT2D eigenvalue weighted by atomic mass is 10.0. The van der Waals surface area contributed by atoms with Crippen LogP contribution in [0.2, 0.25) is 0 Å². The molecular formula is C36H28Cl3NO10.